The molecule has 13 heavy (non-hydrogen) atoms. The van der Waals surface area contributed by atoms with E-state index in [1.165, 1.54) is 4.88 Å². The van der Waals surface area contributed by atoms with Gasteiger partial charge in [-0.3, -0.25) is 11.3 Å². The summed E-state index contributed by atoms with van der Waals surface area (Å²) in [6.45, 7) is 6.52. The van der Waals surface area contributed by atoms with Crippen molar-refractivity contribution in [2.75, 3.05) is 0 Å². The van der Waals surface area contributed by atoms with Crippen molar-refractivity contribution >= 4 is 27.3 Å². The van der Waals surface area contributed by atoms with Gasteiger partial charge in [-0.2, -0.15) is 0 Å². The van der Waals surface area contributed by atoms with E-state index in [0.717, 1.165) is 3.79 Å². The SMILES string of the molecule is CC(C)(C)C(NN)c1ccc(Br)s1. The fraction of sp³-hybridized carbons (Fsp3) is 0.556. The molecule has 0 aliphatic carbocycles. The molecule has 1 rings (SSSR count). The number of rotatable bonds is 2. The minimum atomic E-state index is 0.138. The minimum absolute atomic E-state index is 0.138. The van der Waals surface area contributed by atoms with Gasteiger partial charge in [0.15, 0.2) is 0 Å². The van der Waals surface area contributed by atoms with Gasteiger partial charge >= 0.3 is 0 Å². The highest BCUT2D eigenvalue weighted by Crippen LogP contribution is 2.36. The molecule has 0 radical (unpaired) electrons. The molecular weight excluding hydrogens is 248 g/mol. The van der Waals surface area contributed by atoms with Crippen molar-refractivity contribution < 1.29 is 0 Å². The number of halogens is 1. The number of nitrogens with one attached hydrogen (secondary N) is 1. The average molecular weight is 263 g/mol. The van der Waals surface area contributed by atoms with Crippen LogP contribution in [0.3, 0.4) is 0 Å². The second-order valence-electron chi connectivity index (χ2n) is 4.11. The first-order chi connectivity index (χ1) is 5.95. The van der Waals surface area contributed by atoms with E-state index in [0.29, 0.717) is 0 Å². The molecule has 1 unspecified atom stereocenters. The van der Waals surface area contributed by atoms with Crippen LogP contribution in [-0.2, 0) is 0 Å². The first-order valence-electron chi connectivity index (χ1n) is 4.16. The molecule has 0 fully saturated rings. The van der Waals surface area contributed by atoms with Gasteiger partial charge in [-0.05, 0) is 33.5 Å². The lowest BCUT2D eigenvalue weighted by atomic mass is 9.86. The maximum Gasteiger partial charge on any atom is 0.0702 e. The number of thiophene rings is 1. The quantitative estimate of drug-likeness (QED) is 0.635. The molecule has 4 heteroatoms. The molecular formula is C9H15BrN2S. The van der Waals surface area contributed by atoms with Crippen LogP contribution in [0.4, 0.5) is 0 Å². The van der Waals surface area contributed by atoms with E-state index >= 15 is 0 Å². The summed E-state index contributed by atoms with van der Waals surface area (Å²) in [6, 6.07) is 4.37. The van der Waals surface area contributed by atoms with Crippen LogP contribution < -0.4 is 11.3 Å². The molecule has 0 aliphatic heterocycles. The van der Waals surface area contributed by atoms with Crippen molar-refractivity contribution in [1.29, 1.82) is 0 Å². The second kappa shape index (κ2) is 4.09. The van der Waals surface area contributed by atoms with Crippen LogP contribution in [0, 0.1) is 5.41 Å². The van der Waals surface area contributed by atoms with E-state index in [2.05, 4.69) is 54.3 Å². The normalized spacial score (nSPS) is 14.5. The Balaban J connectivity index is 2.91. The Morgan fingerprint density at radius 3 is 2.38 bits per heavy atom. The summed E-state index contributed by atoms with van der Waals surface area (Å²) >= 11 is 5.17. The van der Waals surface area contributed by atoms with Crippen molar-refractivity contribution in [3.8, 4) is 0 Å². The molecule has 0 spiro atoms. The molecule has 2 nitrogen and oxygen atoms in total. The molecule has 0 aliphatic rings. The summed E-state index contributed by atoms with van der Waals surface area (Å²) in [5, 5.41) is 0. The van der Waals surface area contributed by atoms with E-state index in [1.54, 1.807) is 11.3 Å². The van der Waals surface area contributed by atoms with Crippen LogP contribution in [0.2, 0.25) is 0 Å². The smallest absolute Gasteiger partial charge is 0.0702 e. The van der Waals surface area contributed by atoms with Gasteiger partial charge in [0.1, 0.15) is 0 Å². The van der Waals surface area contributed by atoms with Crippen LogP contribution in [0.25, 0.3) is 0 Å². The molecule has 1 aromatic heterocycles. The predicted molar refractivity (Wildman–Crippen MR) is 61.5 cm³/mol. The minimum Gasteiger partial charge on any atom is -0.271 e. The third kappa shape index (κ3) is 2.77. The summed E-state index contributed by atoms with van der Waals surface area (Å²) in [6.07, 6.45) is 0. The maximum atomic E-state index is 5.54. The number of hydrogen-bond acceptors (Lipinski definition) is 3. The molecule has 1 heterocycles. The van der Waals surface area contributed by atoms with E-state index in [1.807, 2.05) is 0 Å². The highest BCUT2D eigenvalue weighted by molar-refractivity contribution is 9.11. The van der Waals surface area contributed by atoms with Gasteiger partial charge in [0, 0.05) is 4.88 Å². The lowest BCUT2D eigenvalue weighted by Crippen LogP contribution is -2.36. The fourth-order valence-electron chi connectivity index (χ4n) is 1.24. The molecule has 0 aromatic carbocycles. The van der Waals surface area contributed by atoms with Gasteiger partial charge in [-0.1, -0.05) is 20.8 Å². The van der Waals surface area contributed by atoms with Gasteiger partial charge in [0.25, 0.3) is 0 Å². The molecule has 74 valence electrons. The Hall–Kier alpha value is 0.1000. The van der Waals surface area contributed by atoms with Crippen molar-refractivity contribution in [3.05, 3.63) is 20.8 Å². The Kier molecular flexibility index (Phi) is 3.51. The van der Waals surface area contributed by atoms with Gasteiger partial charge in [0.2, 0.25) is 0 Å². The second-order valence-corrected chi connectivity index (χ2v) is 6.60. The Morgan fingerprint density at radius 1 is 1.46 bits per heavy atom. The largest absolute Gasteiger partial charge is 0.271 e. The third-order valence-electron chi connectivity index (χ3n) is 1.91. The number of hydrazine groups is 1. The van der Waals surface area contributed by atoms with E-state index < -0.39 is 0 Å². The summed E-state index contributed by atoms with van der Waals surface area (Å²) < 4.78 is 1.15. The van der Waals surface area contributed by atoms with Gasteiger partial charge in [-0.15, -0.1) is 11.3 Å². The zero-order valence-electron chi connectivity index (χ0n) is 8.10. The topological polar surface area (TPSA) is 38.0 Å². The summed E-state index contributed by atoms with van der Waals surface area (Å²) in [7, 11) is 0. The Labute approximate surface area is 91.6 Å². The fourth-order valence-corrected chi connectivity index (χ4v) is 2.97. The Morgan fingerprint density at radius 2 is 2.08 bits per heavy atom. The molecule has 3 N–H and O–H groups in total. The van der Waals surface area contributed by atoms with Gasteiger partial charge < -0.3 is 0 Å². The molecule has 0 bridgehead atoms. The van der Waals surface area contributed by atoms with E-state index in [-0.39, 0.29) is 11.5 Å². The maximum absolute atomic E-state index is 5.54. The lowest BCUT2D eigenvalue weighted by molar-refractivity contribution is 0.279. The van der Waals surface area contributed by atoms with Crippen LogP contribution in [-0.4, -0.2) is 0 Å². The van der Waals surface area contributed by atoms with Crippen LogP contribution in [0.1, 0.15) is 31.7 Å². The zero-order valence-corrected chi connectivity index (χ0v) is 10.5. The zero-order chi connectivity index (χ0) is 10.1. The van der Waals surface area contributed by atoms with E-state index in [4.69, 9.17) is 5.84 Å². The third-order valence-corrected chi connectivity index (χ3v) is 3.60. The molecule has 0 amide bonds. The van der Waals surface area contributed by atoms with E-state index in [9.17, 15) is 0 Å². The number of hydrogen-bond donors (Lipinski definition) is 2. The first-order valence-corrected chi connectivity index (χ1v) is 5.77. The number of nitrogens with two attached hydrogens (primary N) is 1. The van der Waals surface area contributed by atoms with Crippen molar-refractivity contribution in [2.45, 2.75) is 26.8 Å². The monoisotopic (exact) mass is 262 g/mol. The standard InChI is InChI=1S/C9H15BrN2S/c1-9(2,3)8(12-11)6-4-5-7(10)13-6/h4-5,8,12H,11H2,1-3H3. The first kappa shape index (κ1) is 11.2. The van der Waals surface area contributed by atoms with Gasteiger partial charge in [0.05, 0.1) is 9.83 Å². The highest BCUT2D eigenvalue weighted by atomic mass is 79.9. The van der Waals surface area contributed by atoms with Crippen molar-refractivity contribution in [1.82, 2.24) is 5.43 Å². The molecule has 1 atom stereocenters. The molecule has 0 saturated heterocycles. The molecule has 1 aromatic rings. The summed E-state index contributed by atoms with van der Waals surface area (Å²) in [4.78, 5) is 1.27. The Bertz CT molecular complexity index is 277. The molecule has 0 saturated carbocycles. The lowest BCUT2D eigenvalue weighted by Gasteiger charge is -2.28. The summed E-state index contributed by atoms with van der Waals surface area (Å²) in [5.41, 5.74) is 3.00. The van der Waals surface area contributed by atoms with Crippen LogP contribution in [0.15, 0.2) is 15.9 Å². The van der Waals surface area contributed by atoms with Crippen molar-refractivity contribution in [2.24, 2.45) is 11.3 Å². The summed E-state index contributed by atoms with van der Waals surface area (Å²) in [5.74, 6) is 5.54. The predicted octanol–water partition coefficient (Wildman–Crippen LogP) is 3.06. The van der Waals surface area contributed by atoms with Crippen LogP contribution >= 0.6 is 27.3 Å². The van der Waals surface area contributed by atoms with Crippen LogP contribution in [0.5, 0.6) is 0 Å². The van der Waals surface area contributed by atoms with Gasteiger partial charge in [-0.25, -0.2) is 0 Å². The van der Waals surface area contributed by atoms with Crippen molar-refractivity contribution in [3.63, 3.8) is 0 Å². The highest BCUT2D eigenvalue weighted by Gasteiger charge is 2.26. The average Bonchev–Trinajstić information content (AvgIpc) is 2.34.